The molecule has 0 atom stereocenters. The van der Waals surface area contributed by atoms with Gasteiger partial charge in [-0.2, -0.15) is 0 Å². The van der Waals surface area contributed by atoms with Gasteiger partial charge in [0, 0.05) is 17.5 Å². The van der Waals surface area contributed by atoms with Gasteiger partial charge in [0.05, 0.1) is 17.6 Å². The van der Waals surface area contributed by atoms with Crippen molar-refractivity contribution in [2.75, 3.05) is 18.7 Å². The number of benzene rings is 2. The van der Waals surface area contributed by atoms with Crippen LogP contribution in [0.4, 0.5) is 5.69 Å². The molecule has 2 aromatic rings. The minimum atomic E-state index is -3.31. The Hall–Kier alpha value is -2.67. The van der Waals surface area contributed by atoms with E-state index in [9.17, 15) is 18.0 Å². The molecule has 7 heteroatoms. The van der Waals surface area contributed by atoms with Crippen molar-refractivity contribution in [3.63, 3.8) is 0 Å². The second kappa shape index (κ2) is 6.62. The van der Waals surface area contributed by atoms with Crippen molar-refractivity contribution < 1.29 is 22.7 Å². The number of anilines is 1. The summed E-state index contributed by atoms with van der Waals surface area (Å²) in [6.45, 7) is 0. The largest absolute Gasteiger partial charge is 0.465 e. The molecule has 0 bridgehead atoms. The zero-order valence-electron chi connectivity index (χ0n) is 12.6. The Kier molecular flexibility index (Phi) is 4.80. The van der Waals surface area contributed by atoms with Crippen molar-refractivity contribution in [1.82, 2.24) is 0 Å². The van der Waals surface area contributed by atoms with Crippen LogP contribution in [0.5, 0.6) is 0 Å². The summed E-state index contributed by atoms with van der Waals surface area (Å²) in [6, 6.07) is 11.9. The predicted octanol–water partition coefficient (Wildman–Crippen LogP) is 2.13. The summed E-state index contributed by atoms with van der Waals surface area (Å²) in [4.78, 5) is 23.8. The highest BCUT2D eigenvalue weighted by molar-refractivity contribution is 7.90. The average molecular weight is 333 g/mol. The second-order valence-corrected chi connectivity index (χ2v) is 6.84. The number of methoxy groups -OCH3 is 1. The molecule has 0 saturated carbocycles. The third-order valence-electron chi connectivity index (χ3n) is 3.09. The molecule has 6 nitrogen and oxygen atoms in total. The maximum atomic E-state index is 12.1. The van der Waals surface area contributed by atoms with Crippen LogP contribution < -0.4 is 5.32 Å². The number of esters is 1. The summed E-state index contributed by atoms with van der Waals surface area (Å²) >= 11 is 0. The predicted molar refractivity (Wildman–Crippen MR) is 85.3 cm³/mol. The van der Waals surface area contributed by atoms with E-state index < -0.39 is 21.7 Å². The normalized spacial score (nSPS) is 10.9. The van der Waals surface area contributed by atoms with E-state index in [1.165, 1.54) is 37.4 Å². The van der Waals surface area contributed by atoms with Crippen LogP contribution >= 0.6 is 0 Å². The fraction of sp³-hybridized carbons (Fsp3) is 0.125. The molecule has 0 radical (unpaired) electrons. The number of amides is 1. The molecule has 0 aromatic heterocycles. The van der Waals surface area contributed by atoms with Gasteiger partial charge in [0.2, 0.25) is 0 Å². The number of rotatable bonds is 4. The average Bonchev–Trinajstić information content (AvgIpc) is 2.53. The zero-order valence-corrected chi connectivity index (χ0v) is 13.4. The Balaban J connectivity index is 2.18. The lowest BCUT2D eigenvalue weighted by Crippen LogP contribution is -2.12. The molecule has 1 amide bonds. The summed E-state index contributed by atoms with van der Waals surface area (Å²) in [7, 11) is -2.03. The van der Waals surface area contributed by atoms with Crippen LogP contribution in [0.2, 0.25) is 0 Å². The number of sulfone groups is 1. The molecular weight excluding hydrogens is 318 g/mol. The van der Waals surface area contributed by atoms with Crippen molar-refractivity contribution in [2.24, 2.45) is 0 Å². The van der Waals surface area contributed by atoms with Crippen molar-refractivity contribution in [3.05, 3.63) is 59.7 Å². The van der Waals surface area contributed by atoms with Crippen LogP contribution in [0.3, 0.4) is 0 Å². The minimum absolute atomic E-state index is 0.140. The van der Waals surface area contributed by atoms with Gasteiger partial charge >= 0.3 is 5.97 Å². The van der Waals surface area contributed by atoms with Crippen molar-refractivity contribution in [1.29, 1.82) is 0 Å². The molecule has 2 rings (SSSR count). The number of nitrogens with one attached hydrogen (secondary N) is 1. The van der Waals surface area contributed by atoms with Gasteiger partial charge in [-0.3, -0.25) is 4.79 Å². The van der Waals surface area contributed by atoms with Crippen LogP contribution in [0.15, 0.2) is 53.4 Å². The van der Waals surface area contributed by atoms with E-state index in [0.717, 1.165) is 6.26 Å². The van der Waals surface area contributed by atoms with Gasteiger partial charge in [0.1, 0.15) is 0 Å². The fourth-order valence-corrected chi connectivity index (χ4v) is 2.53. The lowest BCUT2D eigenvalue weighted by Gasteiger charge is -2.07. The van der Waals surface area contributed by atoms with E-state index in [4.69, 9.17) is 0 Å². The lowest BCUT2D eigenvalue weighted by atomic mass is 10.1. The summed E-state index contributed by atoms with van der Waals surface area (Å²) in [5, 5.41) is 2.64. The Morgan fingerprint density at radius 3 is 2.22 bits per heavy atom. The Bertz CT molecular complexity index is 841. The molecule has 0 aliphatic carbocycles. The number of hydrogen-bond donors (Lipinski definition) is 1. The van der Waals surface area contributed by atoms with Crippen molar-refractivity contribution in [3.8, 4) is 0 Å². The van der Waals surface area contributed by atoms with Gasteiger partial charge in [0.25, 0.3) is 5.91 Å². The topological polar surface area (TPSA) is 89.5 Å². The first-order valence-electron chi connectivity index (χ1n) is 6.61. The monoisotopic (exact) mass is 333 g/mol. The third kappa shape index (κ3) is 4.17. The first kappa shape index (κ1) is 16.7. The second-order valence-electron chi connectivity index (χ2n) is 4.82. The van der Waals surface area contributed by atoms with Crippen LogP contribution in [-0.4, -0.2) is 33.7 Å². The Morgan fingerprint density at radius 1 is 1.00 bits per heavy atom. The smallest absolute Gasteiger partial charge is 0.337 e. The van der Waals surface area contributed by atoms with Crippen LogP contribution in [0, 0.1) is 0 Å². The van der Waals surface area contributed by atoms with E-state index in [2.05, 4.69) is 10.1 Å². The van der Waals surface area contributed by atoms with Gasteiger partial charge in [-0.1, -0.05) is 6.07 Å². The highest BCUT2D eigenvalue weighted by Crippen LogP contribution is 2.15. The number of hydrogen-bond acceptors (Lipinski definition) is 5. The van der Waals surface area contributed by atoms with Crippen LogP contribution in [-0.2, 0) is 14.6 Å². The quantitative estimate of drug-likeness (QED) is 0.866. The first-order chi connectivity index (χ1) is 10.8. The summed E-state index contributed by atoms with van der Waals surface area (Å²) in [6.07, 6.45) is 1.10. The minimum Gasteiger partial charge on any atom is -0.465 e. The SMILES string of the molecule is COC(=O)c1cccc(NC(=O)c2ccc(S(C)(=O)=O)cc2)c1. The summed E-state index contributed by atoms with van der Waals surface area (Å²) < 4.78 is 27.4. The fourth-order valence-electron chi connectivity index (χ4n) is 1.90. The van der Waals surface area contributed by atoms with Crippen LogP contribution in [0.1, 0.15) is 20.7 Å². The highest BCUT2D eigenvalue weighted by atomic mass is 32.2. The molecule has 0 aliphatic rings. The highest BCUT2D eigenvalue weighted by Gasteiger charge is 2.11. The number of ether oxygens (including phenoxy) is 1. The molecule has 0 unspecified atom stereocenters. The molecule has 1 N–H and O–H groups in total. The van der Waals surface area contributed by atoms with Crippen molar-refractivity contribution in [2.45, 2.75) is 4.90 Å². The molecule has 0 saturated heterocycles. The molecule has 2 aromatic carbocycles. The first-order valence-corrected chi connectivity index (χ1v) is 8.50. The molecule has 0 spiro atoms. The molecule has 120 valence electrons. The number of carbonyl (C=O) groups is 2. The Morgan fingerprint density at radius 2 is 1.65 bits per heavy atom. The van der Waals surface area contributed by atoms with E-state index in [1.807, 2.05) is 0 Å². The van der Waals surface area contributed by atoms with E-state index in [1.54, 1.807) is 18.2 Å². The van der Waals surface area contributed by atoms with E-state index >= 15 is 0 Å². The van der Waals surface area contributed by atoms with Crippen LogP contribution in [0.25, 0.3) is 0 Å². The lowest BCUT2D eigenvalue weighted by molar-refractivity contribution is 0.0600. The standard InChI is InChI=1S/C16H15NO5S/c1-22-16(19)12-4-3-5-13(10-12)17-15(18)11-6-8-14(9-7-11)23(2,20)21/h3-10H,1-2H3,(H,17,18). The molecule has 0 heterocycles. The summed E-state index contributed by atoms with van der Waals surface area (Å²) in [5.41, 5.74) is 1.06. The van der Waals surface area contributed by atoms with Gasteiger partial charge in [-0.15, -0.1) is 0 Å². The molecule has 0 aliphatic heterocycles. The van der Waals surface area contributed by atoms with Gasteiger partial charge in [-0.25, -0.2) is 13.2 Å². The van der Waals surface area contributed by atoms with Gasteiger partial charge in [-0.05, 0) is 42.5 Å². The van der Waals surface area contributed by atoms with Crippen molar-refractivity contribution >= 4 is 27.4 Å². The molecule has 0 fully saturated rings. The van der Waals surface area contributed by atoms with Gasteiger partial charge in [0.15, 0.2) is 9.84 Å². The maximum Gasteiger partial charge on any atom is 0.337 e. The van der Waals surface area contributed by atoms with E-state index in [-0.39, 0.29) is 4.90 Å². The number of carbonyl (C=O) groups excluding carboxylic acids is 2. The maximum absolute atomic E-state index is 12.1. The zero-order chi connectivity index (χ0) is 17.0. The summed E-state index contributed by atoms with van der Waals surface area (Å²) in [5.74, 6) is -0.911. The Labute approximate surface area is 134 Å². The molecular formula is C16H15NO5S. The third-order valence-corrected chi connectivity index (χ3v) is 4.21. The van der Waals surface area contributed by atoms with Gasteiger partial charge < -0.3 is 10.1 Å². The molecule has 23 heavy (non-hydrogen) atoms. The van der Waals surface area contributed by atoms with E-state index in [0.29, 0.717) is 16.8 Å².